The van der Waals surface area contributed by atoms with Crippen LogP contribution in [0.5, 0.6) is 0 Å². The standard InChI is InChI=1S/C18H25N3O2/c1-12(20-17(22)15-8-10-19-11-9-15)13-4-6-16(7-5-13)21-18(23)14-2-3-14/h4-7,12,14-15,19H,2-3,8-11H2,1H3,(H,20,22)(H,21,23). The van der Waals surface area contributed by atoms with Gasteiger partial charge in [0.05, 0.1) is 6.04 Å². The number of hydrogen-bond donors (Lipinski definition) is 3. The molecule has 0 aromatic heterocycles. The lowest BCUT2D eigenvalue weighted by Crippen LogP contribution is -2.39. The van der Waals surface area contributed by atoms with E-state index >= 15 is 0 Å². The van der Waals surface area contributed by atoms with Gasteiger partial charge in [-0.15, -0.1) is 0 Å². The van der Waals surface area contributed by atoms with Crippen LogP contribution in [0, 0.1) is 11.8 Å². The molecule has 1 aliphatic carbocycles. The van der Waals surface area contributed by atoms with Gasteiger partial charge in [0.1, 0.15) is 0 Å². The summed E-state index contributed by atoms with van der Waals surface area (Å²) in [5, 5.41) is 9.30. The first-order valence-electron chi connectivity index (χ1n) is 8.55. The van der Waals surface area contributed by atoms with Gasteiger partial charge in [-0.05, 0) is 63.4 Å². The Bertz CT molecular complexity index is 560. The number of nitrogens with one attached hydrogen (secondary N) is 3. The molecule has 0 bridgehead atoms. The molecule has 0 spiro atoms. The Kier molecular flexibility index (Phi) is 4.96. The number of carbonyl (C=O) groups is 2. The van der Waals surface area contributed by atoms with E-state index in [1.54, 1.807) is 0 Å². The minimum absolute atomic E-state index is 0.0226. The summed E-state index contributed by atoms with van der Waals surface area (Å²) in [7, 11) is 0. The summed E-state index contributed by atoms with van der Waals surface area (Å²) < 4.78 is 0. The Hall–Kier alpha value is -1.88. The van der Waals surface area contributed by atoms with Crippen molar-refractivity contribution in [3.05, 3.63) is 29.8 Å². The highest BCUT2D eigenvalue weighted by Gasteiger charge is 2.29. The number of benzene rings is 1. The molecule has 0 radical (unpaired) electrons. The lowest BCUT2D eigenvalue weighted by molar-refractivity contribution is -0.126. The van der Waals surface area contributed by atoms with Gasteiger partial charge in [0.15, 0.2) is 0 Å². The molecule has 23 heavy (non-hydrogen) atoms. The minimum Gasteiger partial charge on any atom is -0.349 e. The first-order valence-corrected chi connectivity index (χ1v) is 8.55. The van der Waals surface area contributed by atoms with Crippen molar-refractivity contribution in [2.24, 2.45) is 11.8 Å². The summed E-state index contributed by atoms with van der Waals surface area (Å²) >= 11 is 0. The summed E-state index contributed by atoms with van der Waals surface area (Å²) in [5.74, 6) is 0.587. The Labute approximate surface area is 137 Å². The predicted molar refractivity (Wildman–Crippen MR) is 89.9 cm³/mol. The quantitative estimate of drug-likeness (QED) is 0.780. The van der Waals surface area contributed by atoms with Crippen LogP contribution >= 0.6 is 0 Å². The smallest absolute Gasteiger partial charge is 0.227 e. The normalized spacial score (nSPS) is 19.9. The Balaban J connectivity index is 1.53. The van der Waals surface area contributed by atoms with Gasteiger partial charge >= 0.3 is 0 Å². The molecule has 1 atom stereocenters. The van der Waals surface area contributed by atoms with Gasteiger partial charge in [0.25, 0.3) is 0 Å². The Morgan fingerprint density at radius 2 is 1.61 bits per heavy atom. The van der Waals surface area contributed by atoms with E-state index in [1.807, 2.05) is 31.2 Å². The highest BCUT2D eigenvalue weighted by atomic mass is 16.2. The molecule has 1 aromatic carbocycles. The summed E-state index contributed by atoms with van der Waals surface area (Å²) in [4.78, 5) is 24.0. The van der Waals surface area contributed by atoms with Crippen LogP contribution in [0.25, 0.3) is 0 Å². The van der Waals surface area contributed by atoms with E-state index in [9.17, 15) is 9.59 Å². The maximum atomic E-state index is 12.3. The van der Waals surface area contributed by atoms with E-state index in [1.165, 1.54) is 0 Å². The molecule has 5 heteroatoms. The van der Waals surface area contributed by atoms with Crippen LogP contribution in [0.15, 0.2) is 24.3 Å². The van der Waals surface area contributed by atoms with E-state index in [4.69, 9.17) is 0 Å². The largest absolute Gasteiger partial charge is 0.349 e. The zero-order valence-electron chi connectivity index (χ0n) is 13.6. The Morgan fingerprint density at radius 3 is 2.22 bits per heavy atom. The van der Waals surface area contributed by atoms with Crippen molar-refractivity contribution >= 4 is 17.5 Å². The van der Waals surface area contributed by atoms with E-state index < -0.39 is 0 Å². The third-order valence-corrected chi connectivity index (χ3v) is 4.70. The van der Waals surface area contributed by atoms with Crippen molar-refractivity contribution in [2.75, 3.05) is 18.4 Å². The summed E-state index contributed by atoms with van der Waals surface area (Å²) in [6.45, 7) is 3.83. The topological polar surface area (TPSA) is 70.2 Å². The lowest BCUT2D eigenvalue weighted by Gasteiger charge is -2.24. The summed E-state index contributed by atoms with van der Waals surface area (Å²) in [5.41, 5.74) is 1.87. The number of anilines is 1. The van der Waals surface area contributed by atoms with Crippen molar-refractivity contribution in [1.29, 1.82) is 0 Å². The van der Waals surface area contributed by atoms with Gasteiger partial charge in [-0.1, -0.05) is 12.1 Å². The second-order valence-corrected chi connectivity index (χ2v) is 6.64. The van der Waals surface area contributed by atoms with Crippen LogP contribution in [-0.4, -0.2) is 24.9 Å². The van der Waals surface area contributed by atoms with Gasteiger partial charge in [0.2, 0.25) is 11.8 Å². The fourth-order valence-electron chi connectivity index (χ4n) is 2.94. The number of rotatable bonds is 5. The molecule has 1 heterocycles. The molecule has 1 aliphatic heterocycles. The van der Waals surface area contributed by atoms with E-state index in [0.717, 1.165) is 50.0 Å². The molecule has 1 saturated carbocycles. The number of piperidine rings is 1. The molecule has 2 aliphatic rings. The van der Waals surface area contributed by atoms with Gasteiger partial charge in [0, 0.05) is 17.5 Å². The molecule has 1 aromatic rings. The highest BCUT2D eigenvalue weighted by Crippen LogP contribution is 2.30. The maximum absolute atomic E-state index is 12.3. The van der Waals surface area contributed by atoms with E-state index in [-0.39, 0.29) is 29.7 Å². The second-order valence-electron chi connectivity index (χ2n) is 6.64. The molecule has 1 unspecified atom stereocenters. The van der Waals surface area contributed by atoms with Crippen LogP contribution in [0.1, 0.15) is 44.2 Å². The van der Waals surface area contributed by atoms with Crippen LogP contribution in [-0.2, 0) is 9.59 Å². The molecular formula is C18H25N3O2. The first kappa shape index (κ1) is 16.0. The zero-order chi connectivity index (χ0) is 16.2. The molecule has 2 amide bonds. The van der Waals surface area contributed by atoms with Gasteiger partial charge in [-0.25, -0.2) is 0 Å². The SMILES string of the molecule is CC(NC(=O)C1CCNCC1)c1ccc(NC(=O)C2CC2)cc1. The van der Waals surface area contributed by atoms with Crippen molar-refractivity contribution in [1.82, 2.24) is 10.6 Å². The van der Waals surface area contributed by atoms with Crippen LogP contribution in [0.3, 0.4) is 0 Å². The van der Waals surface area contributed by atoms with E-state index in [2.05, 4.69) is 16.0 Å². The van der Waals surface area contributed by atoms with Gasteiger partial charge in [-0.3, -0.25) is 9.59 Å². The van der Waals surface area contributed by atoms with Crippen molar-refractivity contribution in [2.45, 2.75) is 38.6 Å². The summed E-state index contributed by atoms with van der Waals surface area (Å²) in [6.07, 6.45) is 3.82. The molecule has 2 fully saturated rings. The fraction of sp³-hybridized carbons (Fsp3) is 0.556. The van der Waals surface area contributed by atoms with Crippen LogP contribution < -0.4 is 16.0 Å². The monoisotopic (exact) mass is 315 g/mol. The average molecular weight is 315 g/mol. The van der Waals surface area contributed by atoms with Crippen LogP contribution in [0.2, 0.25) is 0 Å². The van der Waals surface area contributed by atoms with Gasteiger partial charge in [-0.2, -0.15) is 0 Å². The number of carbonyl (C=O) groups excluding carboxylic acids is 2. The van der Waals surface area contributed by atoms with Crippen molar-refractivity contribution in [3.63, 3.8) is 0 Å². The van der Waals surface area contributed by atoms with Crippen LogP contribution in [0.4, 0.5) is 5.69 Å². The molecular weight excluding hydrogens is 290 g/mol. The predicted octanol–water partition coefficient (Wildman–Crippen LogP) is 2.21. The maximum Gasteiger partial charge on any atom is 0.227 e. The van der Waals surface area contributed by atoms with E-state index in [0.29, 0.717) is 0 Å². The van der Waals surface area contributed by atoms with Crippen molar-refractivity contribution < 1.29 is 9.59 Å². The highest BCUT2D eigenvalue weighted by molar-refractivity contribution is 5.94. The minimum atomic E-state index is -0.0226. The third kappa shape index (κ3) is 4.32. The number of hydrogen-bond acceptors (Lipinski definition) is 3. The summed E-state index contributed by atoms with van der Waals surface area (Å²) in [6, 6.07) is 7.72. The Morgan fingerprint density at radius 1 is 1.00 bits per heavy atom. The average Bonchev–Trinajstić information content (AvgIpc) is 3.41. The third-order valence-electron chi connectivity index (χ3n) is 4.70. The first-order chi connectivity index (χ1) is 11.1. The van der Waals surface area contributed by atoms with Gasteiger partial charge < -0.3 is 16.0 Å². The molecule has 3 N–H and O–H groups in total. The molecule has 3 rings (SSSR count). The number of amides is 2. The molecule has 124 valence electrons. The zero-order valence-corrected chi connectivity index (χ0v) is 13.6. The van der Waals surface area contributed by atoms with Crippen molar-refractivity contribution in [3.8, 4) is 0 Å². The second kappa shape index (κ2) is 7.13. The molecule has 1 saturated heterocycles. The lowest BCUT2D eigenvalue weighted by atomic mass is 9.96. The molecule has 5 nitrogen and oxygen atoms in total. The fourth-order valence-corrected chi connectivity index (χ4v) is 2.94.